The van der Waals surface area contributed by atoms with Crippen LogP contribution >= 0.6 is 0 Å². The molecule has 0 spiro atoms. The van der Waals surface area contributed by atoms with Crippen LogP contribution < -0.4 is 14.2 Å². The van der Waals surface area contributed by atoms with Gasteiger partial charge in [0.05, 0.1) is 35.6 Å². The Balaban J connectivity index is 1.53. The normalized spacial score (nSPS) is 13.9. The van der Waals surface area contributed by atoms with Gasteiger partial charge in [0.15, 0.2) is 23.1 Å². The summed E-state index contributed by atoms with van der Waals surface area (Å²) in [6.45, 7) is 3.83. The Labute approximate surface area is 183 Å². The molecule has 4 rings (SSSR count). The SMILES string of the molecule is COc1cc2c(Oc3ccc([N+](=O)[O-])cc3F)ncnc2cc1OCCCN1CCCC1. The van der Waals surface area contributed by atoms with E-state index < -0.39 is 10.7 Å². The van der Waals surface area contributed by atoms with E-state index in [0.29, 0.717) is 29.0 Å². The molecule has 3 aromatic rings. The molecule has 0 bridgehead atoms. The maximum absolute atomic E-state index is 14.3. The van der Waals surface area contributed by atoms with E-state index >= 15 is 0 Å². The van der Waals surface area contributed by atoms with E-state index in [-0.39, 0.29) is 17.3 Å². The van der Waals surface area contributed by atoms with Crippen LogP contribution in [0.15, 0.2) is 36.7 Å². The minimum atomic E-state index is -0.865. The average molecular weight is 442 g/mol. The molecule has 2 heterocycles. The van der Waals surface area contributed by atoms with E-state index in [1.165, 1.54) is 32.3 Å². The number of hydrogen-bond donors (Lipinski definition) is 0. The molecule has 1 saturated heterocycles. The van der Waals surface area contributed by atoms with Gasteiger partial charge in [0, 0.05) is 18.7 Å². The number of halogens is 1. The summed E-state index contributed by atoms with van der Waals surface area (Å²) in [4.78, 5) is 20.9. The summed E-state index contributed by atoms with van der Waals surface area (Å²) < 4.78 is 31.3. The summed E-state index contributed by atoms with van der Waals surface area (Å²) in [6, 6.07) is 6.55. The van der Waals surface area contributed by atoms with Gasteiger partial charge in [0.1, 0.15) is 6.33 Å². The Morgan fingerprint density at radius 2 is 1.94 bits per heavy atom. The molecule has 168 valence electrons. The predicted octanol–water partition coefficient (Wildman–Crippen LogP) is 4.34. The Morgan fingerprint density at radius 1 is 1.12 bits per heavy atom. The van der Waals surface area contributed by atoms with Crippen LogP contribution in [-0.4, -0.2) is 53.1 Å². The summed E-state index contributed by atoms with van der Waals surface area (Å²) in [5.74, 6) is 0.0735. The highest BCUT2D eigenvalue weighted by molar-refractivity contribution is 5.87. The molecule has 32 heavy (non-hydrogen) atoms. The largest absolute Gasteiger partial charge is 0.493 e. The standard InChI is InChI=1S/C22H23FN4O5/c1-30-20-12-16-18(13-21(20)31-10-4-9-26-7-2-3-8-26)24-14-25-22(16)32-19-6-5-15(27(28)29)11-17(19)23/h5-6,11-14H,2-4,7-10H2,1H3. The minimum absolute atomic E-state index is 0.0987. The lowest BCUT2D eigenvalue weighted by Crippen LogP contribution is -2.21. The summed E-state index contributed by atoms with van der Waals surface area (Å²) in [5, 5.41) is 11.3. The van der Waals surface area contributed by atoms with Gasteiger partial charge < -0.3 is 19.1 Å². The first kappa shape index (κ1) is 21.7. The highest BCUT2D eigenvalue weighted by Crippen LogP contribution is 2.36. The number of benzene rings is 2. The van der Waals surface area contributed by atoms with E-state index in [9.17, 15) is 14.5 Å². The average Bonchev–Trinajstić information content (AvgIpc) is 3.31. The van der Waals surface area contributed by atoms with Gasteiger partial charge in [-0.2, -0.15) is 0 Å². The number of nitro groups is 1. The molecule has 2 aromatic carbocycles. The molecule has 0 N–H and O–H groups in total. The molecule has 1 aromatic heterocycles. The zero-order valence-corrected chi connectivity index (χ0v) is 17.6. The van der Waals surface area contributed by atoms with Crippen molar-refractivity contribution in [1.82, 2.24) is 14.9 Å². The van der Waals surface area contributed by atoms with Crippen molar-refractivity contribution in [2.24, 2.45) is 0 Å². The van der Waals surface area contributed by atoms with Crippen molar-refractivity contribution >= 4 is 16.6 Å². The van der Waals surface area contributed by atoms with Crippen LogP contribution in [0.1, 0.15) is 19.3 Å². The van der Waals surface area contributed by atoms with E-state index in [1.807, 2.05) is 0 Å². The first-order valence-electron chi connectivity index (χ1n) is 10.3. The number of nitro benzene ring substituents is 1. The molecule has 10 heteroatoms. The Kier molecular flexibility index (Phi) is 6.60. The lowest BCUT2D eigenvalue weighted by atomic mass is 10.2. The molecular formula is C22H23FN4O5. The van der Waals surface area contributed by atoms with Crippen LogP contribution in [0.3, 0.4) is 0 Å². The fraction of sp³-hybridized carbons (Fsp3) is 0.364. The molecule has 1 aliphatic heterocycles. The maximum atomic E-state index is 14.3. The summed E-state index contributed by atoms with van der Waals surface area (Å²) >= 11 is 0. The second-order valence-electron chi connectivity index (χ2n) is 7.42. The van der Waals surface area contributed by atoms with Gasteiger partial charge >= 0.3 is 0 Å². The summed E-state index contributed by atoms with van der Waals surface area (Å²) in [5.41, 5.74) is 0.170. The second kappa shape index (κ2) is 9.73. The molecule has 0 saturated carbocycles. The molecular weight excluding hydrogens is 419 g/mol. The number of non-ortho nitro benzene ring substituents is 1. The quantitative estimate of drug-likeness (QED) is 0.274. The highest BCUT2D eigenvalue weighted by atomic mass is 19.1. The van der Waals surface area contributed by atoms with Gasteiger partial charge in [-0.3, -0.25) is 10.1 Å². The fourth-order valence-corrected chi connectivity index (χ4v) is 3.66. The van der Waals surface area contributed by atoms with Crippen LogP contribution in [-0.2, 0) is 0 Å². The van der Waals surface area contributed by atoms with Crippen LogP contribution in [0.2, 0.25) is 0 Å². The number of nitrogens with zero attached hydrogens (tertiary/aromatic N) is 4. The second-order valence-corrected chi connectivity index (χ2v) is 7.42. The van der Waals surface area contributed by atoms with E-state index in [4.69, 9.17) is 14.2 Å². The van der Waals surface area contributed by atoms with Crippen molar-refractivity contribution in [2.75, 3.05) is 33.4 Å². The van der Waals surface area contributed by atoms with Crippen LogP contribution in [0.5, 0.6) is 23.1 Å². The Morgan fingerprint density at radius 3 is 2.66 bits per heavy atom. The first-order valence-corrected chi connectivity index (χ1v) is 10.3. The van der Waals surface area contributed by atoms with E-state index in [1.54, 1.807) is 12.1 Å². The molecule has 0 amide bonds. The number of fused-ring (bicyclic) bond motifs is 1. The molecule has 0 radical (unpaired) electrons. The predicted molar refractivity (Wildman–Crippen MR) is 115 cm³/mol. The number of hydrogen-bond acceptors (Lipinski definition) is 8. The zero-order valence-electron chi connectivity index (χ0n) is 17.6. The van der Waals surface area contributed by atoms with E-state index in [2.05, 4.69) is 14.9 Å². The molecule has 9 nitrogen and oxygen atoms in total. The van der Waals surface area contributed by atoms with Gasteiger partial charge in [0.2, 0.25) is 5.88 Å². The van der Waals surface area contributed by atoms with Crippen molar-refractivity contribution in [3.05, 3.63) is 52.6 Å². The number of aromatic nitrogens is 2. The third-order valence-electron chi connectivity index (χ3n) is 5.29. The van der Waals surface area contributed by atoms with Gasteiger partial charge in [-0.1, -0.05) is 0 Å². The van der Waals surface area contributed by atoms with Crippen molar-refractivity contribution in [3.63, 3.8) is 0 Å². The van der Waals surface area contributed by atoms with Gasteiger partial charge in [-0.25, -0.2) is 14.4 Å². The van der Waals surface area contributed by atoms with Gasteiger partial charge in [-0.05, 0) is 44.5 Å². The van der Waals surface area contributed by atoms with Gasteiger partial charge in [0.25, 0.3) is 5.69 Å². The smallest absolute Gasteiger partial charge is 0.272 e. The van der Waals surface area contributed by atoms with Gasteiger partial charge in [-0.15, -0.1) is 0 Å². The number of rotatable bonds is 9. The monoisotopic (exact) mass is 442 g/mol. The lowest BCUT2D eigenvalue weighted by Gasteiger charge is -2.16. The van der Waals surface area contributed by atoms with Crippen molar-refractivity contribution in [1.29, 1.82) is 0 Å². The summed E-state index contributed by atoms with van der Waals surface area (Å²) in [7, 11) is 1.53. The molecule has 1 fully saturated rings. The minimum Gasteiger partial charge on any atom is -0.493 e. The maximum Gasteiger partial charge on any atom is 0.272 e. The Bertz CT molecular complexity index is 1120. The zero-order chi connectivity index (χ0) is 22.5. The third kappa shape index (κ3) is 4.86. The van der Waals surface area contributed by atoms with Crippen LogP contribution in [0, 0.1) is 15.9 Å². The molecule has 1 aliphatic rings. The number of ether oxygens (including phenoxy) is 3. The van der Waals surface area contributed by atoms with Crippen LogP contribution in [0.25, 0.3) is 10.9 Å². The highest BCUT2D eigenvalue weighted by Gasteiger charge is 2.17. The van der Waals surface area contributed by atoms with Crippen LogP contribution in [0.4, 0.5) is 10.1 Å². The number of methoxy groups -OCH3 is 1. The van der Waals surface area contributed by atoms with Crippen molar-refractivity contribution < 1.29 is 23.5 Å². The fourth-order valence-electron chi connectivity index (χ4n) is 3.66. The molecule has 0 aliphatic carbocycles. The number of likely N-dealkylation sites (tertiary alicyclic amines) is 1. The topological polar surface area (TPSA) is 99.8 Å². The summed E-state index contributed by atoms with van der Waals surface area (Å²) in [6.07, 6.45) is 4.71. The Hall–Kier alpha value is -3.53. The van der Waals surface area contributed by atoms with E-state index in [0.717, 1.165) is 38.2 Å². The van der Waals surface area contributed by atoms with Crippen molar-refractivity contribution in [2.45, 2.75) is 19.3 Å². The van der Waals surface area contributed by atoms with Crippen molar-refractivity contribution in [3.8, 4) is 23.1 Å². The first-order chi connectivity index (χ1) is 15.5. The molecule has 0 atom stereocenters. The lowest BCUT2D eigenvalue weighted by molar-refractivity contribution is -0.385. The third-order valence-corrected chi connectivity index (χ3v) is 5.29. The molecule has 0 unspecified atom stereocenters.